The molecule has 0 saturated carbocycles. The van der Waals surface area contributed by atoms with Gasteiger partial charge in [-0.3, -0.25) is 9.48 Å². The fraction of sp³-hybridized carbons (Fsp3) is 0.214. The number of primary amides is 1. The molecular formula is C14H17N5O2S. The molecule has 2 rings (SSSR count). The van der Waals surface area contributed by atoms with Crippen molar-refractivity contribution in [1.29, 1.82) is 0 Å². The van der Waals surface area contributed by atoms with Crippen molar-refractivity contribution in [1.82, 2.24) is 9.78 Å². The Morgan fingerprint density at radius 3 is 2.86 bits per heavy atom. The molecule has 0 saturated heterocycles. The van der Waals surface area contributed by atoms with E-state index in [1.54, 1.807) is 13.2 Å². The second kappa shape index (κ2) is 6.90. The Hall–Kier alpha value is -2.61. The Balaban J connectivity index is 2.12. The number of carbonyl (C=O) groups is 1. The predicted molar refractivity (Wildman–Crippen MR) is 89.3 cm³/mol. The van der Waals surface area contributed by atoms with Crippen LogP contribution in [0.15, 0.2) is 30.5 Å². The van der Waals surface area contributed by atoms with Crippen molar-refractivity contribution < 1.29 is 9.53 Å². The molecule has 116 valence electrons. The van der Waals surface area contributed by atoms with Crippen LogP contribution in [-0.2, 0) is 6.54 Å². The lowest BCUT2D eigenvalue weighted by molar-refractivity contribution is 0.0991. The molecular weight excluding hydrogens is 302 g/mol. The monoisotopic (exact) mass is 319 g/mol. The number of carbonyl (C=O) groups excluding carboxylic acids is 1. The molecule has 0 aliphatic rings. The second-order valence-corrected chi connectivity index (χ2v) is 4.81. The number of hydrogen-bond acceptors (Lipinski definition) is 4. The number of aromatic nitrogens is 2. The molecule has 0 unspecified atom stereocenters. The van der Waals surface area contributed by atoms with Gasteiger partial charge in [-0.15, -0.1) is 0 Å². The highest BCUT2D eigenvalue weighted by Crippen LogP contribution is 2.18. The number of hydrogen-bond donors (Lipinski definition) is 3. The van der Waals surface area contributed by atoms with Crippen molar-refractivity contribution in [3.8, 4) is 5.75 Å². The first-order valence-electron chi connectivity index (χ1n) is 6.62. The topological polar surface area (TPSA) is 94.2 Å². The van der Waals surface area contributed by atoms with Crippen LogP contribution in [0.1, 0.15) is 17.4 Å². The third kappa shape index (κ3) is 3.53. The highest BCUT2D eigenvalue weighted by molar-refractivity contribution is 7.80. The Morgan fingerprint density at radius 2 is 2.23 bits per heavy atom. The molecule has 0 spiro atoms. The van der Waals surface area contributed by atoms with E-state index in [1.807, 2.05) is 25.1 Å². The molecule has 0 atom stereocenters. The second-order valence-electron chi connectivity index (χ2n) is 4.40. The van der Waals surface area contributed by atoms with Crippen LogP contribution in [-0.4, -0.2) is 27.9 Å². The first-order valence-corrected chi connectivity index (χ1v) is 7.03. The summed E-state index contributed by atoms with van der Waals surface area (Å²) in [6, 6.07) is 7.32. The largest absolute Gasteiger partial charge is 0.497 e. The van der Waals surface area contributed by atoms with E-state index in [1.165, 1.54) is 10.9 Å². The van der Waals surface area contributed by atoms with E-state index in [-0.39, 0.29) is 5.69 Å². The van der Waals surface area contributed by atoms with Gasteiger partial charge in [-0.25, -0.2) is 0 Å². The van der Waals surface area contributed by atoms with E-state index in [9.17, 15) is 4.79 Å². The van der Waals surface area contributed by atoms with E-state index in [0.717, 1.165) is 5.69 Å². The Labute approximate surface area is 133 Å². The zero-order chi connectivity index (χ0) is 16.1. The standard InChI is InChI=1S/C14H17N5O2S/c1-3-19-12(13(15)20)11(8-16-19)18-14(22)17-9-5-4-6-10(7-9)21-2/h4-8H,3H2,1-2H3,(H2,15,20)(H2,17,18,22). The molecule has 0 radical (unpaired) electrons. The fourth-order valence-corrected chi connectivity index (χ4v) is 2.19. The Kier molecular flexibility index (Phi) is 4.95. The number of nitrogens with two attached hydrogens (primary N) is 1. The lowest BCUT2D eigenvalue weighted by Gasteiger charge is -2.11. The van der Waals surface area contributed by atoms with E-state index < -0.39 is 5.91 Å². The number of benzene rings is 1. The van der Waals surface area contributed by atoms with Crippen molar-refractivity contribution in [2.45, 2.75) is 13.5 Å². The third-order valence-electron chi connectivity index (χ3n) is 2.95. The quantitative estimate of drug-likeness (QED) is 0.728. The van der Waals surface area contributed by atoms with Gasteiger partial charge in [-0.2, -0.15) is 5.10 Å². The minimum absolute atomic E-state index is 0.289. The fourth-order valence-electron chi connectivity index (χ4n) is 1.96. The van der Waals surface area contributed by atoms with Crippen molar-refractivity contribution in [3.05, 3.63) is 36.2 Å². The number of aryl methyl sites for hydroxylation is 1. The maximum Gasteiger partial charge on any atom is 0.269 e. The van der Waals surface area contributed by atoms with E-state index >= 15 is 0 Å². The molecule has 1 heterocycles. The normalized spacial score (nSPS) is 10.1. The summed E-state index contributed by atoms with van der Waals surface area (Å²) in [4.78, 5) is 11.5. The van der Waals surface area contributed by atoms with Crippen molar-refractivity contribution in [2.75, 3.05) is 17.7 Å². The molecule has 1 aromatic carbocycles. The lowest BCUT2D eigenvalue weighted by Crippen LogP contribution is -2.23. The number of thiocarbonyl (C=S) groups is 1. The van der Waals surface area contributed by atoms with E-state index in [4.69, 9.17) is 22.7 Å². The molecule has 0 fully saturated rings. The van der Waals surface area contributed by atoms with Gasteiger partial charge in [0.25, 0.3) is 5.91 Å². The average Bonchev–Trinajstić information content (AvgIpc) is 2.90. The predicted octanol–water partition coefficient (Wildman–Crippen LogP) is 1.82. The first-order chi connectivity index (χ1) is 10.5. The molecule has 7 nitrogen and oxygen atoms in total. The molecule has 0 aliphatic heterocycles. The minimum Gasteiger partial charge on any atom is -0.497 e. The summed E-state index contributed by atoms with van der Waals surface area (Å²) in [7, 11) is 1.59. The summed E-state index contributed by atoms with van der Waals surface area (Å²) < 4.78 is 6.66. The third-order valence-corrected chi connectivity index (χ3v) is 3.15. The number of anilines is 2. The first kappa shape index (κ1) is 15.8. The van der Waals surface area contributed by atoms with Crippen LogP contribution in [0.3, 0.4) is 0 Å². The number of methoxy groups -OCH3 is 1. The van der Waals surface area contributed by atoms with E-state index in [0.29, 0.717) is 23.1 Å². The summed E-state index contributed by atoms with van der Waals surface area (Å²) in [5, 5.41) is 10.4. The number of amides is 1. The van der Waals surface area contributed by atoms with Gasteiger partial charge in [-0.05, 0) is 31.3 Å². The van der Waals surface area contributed by atoms with Crippen molar-refractivity contribution >= 4 is 34.6 Å². The maximum absolute atomic E-state index is 11.5. The van der Waals surface area contributed by atoms with E-state index in [2.05, 4.69) is 15.7 Å². The van der Waals surface area contributed by atoms with Crippen LogP contribution in [0.2, 0.25) is 0 Å². The number of nitrogens with one attached hydrogen (secondary N) is 2. The zero-order valence-electron chi connectivity index (χ0n) is 12.3. The molecule has 4 N–H and O–H groups in total. The summed E-state index contributed by atoms with van der Waals surface area (Å²) in [5.74, 6) is 0.149. The van der Waals surface area contributed by atoms with Crippen LogP contribution in [0, 0.1) is 0 Å². The van der Waals surface area contributed by atoms with Gasteiger partial charge in [0, 0.05) is 18.3 Å². The van der Waals surface area contributed by atoms with Crippen molar-refractivity contribution in [2.24, 2.45) is 5.73 Å². The van der Waals surface area contributed by atoms with Crippen LogP contribution in [0.4, 0.5) is 11.4 Å². The van der Waals surface area contributed by atoms with Crippen molar-refractivity contribution in [3.63, 3.8) is 0 Å². The summed E-state index contributed by atoms with van der Waals surface area (Å²) in [6.45, 7) is 2.41. The minimum atomic E-state index is -0.564. The van der Waals surface area contributed by atoms with Gasteiger partial charge >= 0.3 is 0 Å². The molecule has 0 aliphatic carbocycles. The van der Waals surface area contributed by atoms with Crippen LogP contribution in [0.5, 0.6) is 5.75 Å². The van der Waals surface area contributed by atoms with Crippen LogP contribution in [0.25, 0.3) is 0 Å². The van der Waals surface area contributed by atoms with Crippen LogP contribution < -0.4 is 21.1 Å². The molecule has 8 heteroatoms. The highest BCUT2D eigenvalue weighted by atomic mass is 32.1. The lowest BCUT2D eigenvalue weighted by atomic mass is 10.3. The highest BCUT2D eigenvalue weighted by Gasteiger charge is 2.16. The maximum atomic E-state index is 11.5. The van der Waals surface area contributed by atoms with Gasteiger partial charge in [0.15, 0.2) is 5.11 Å². The summed E-state index contributed by atoms with van der Waals surface area (Å²) >= 11 is 5.24. The molecule has 1 aromatic heterocycles. The zero-order valence-corrected chi connectivity index (χ0v) is 13.1. The number of rotatable bonds is 5. The summed E-state index contributed by atoms with van der Waals surface area (Å²) in [5.41, 5.74) is 6.90. The SMILES string of the molecule is CCn1ncc(NC(=S)Nc2cccc(OC)c2)c1C(N)=O. The Morgan fingerprint density at radius 1 is 1.45 bits per heavy atom. The average molecular weight is 319 g/mol. The molecule has 1 amide bonds. The van der Waals surface area contributed by atoms with Gasteiger partial charge in [0.2, 0.25) is 0 Å². The van der Waals surface area contributed by atoms with Gasteiger partial charge in [0.05, 0.1) is 19.0 Å². The number of ether oxygens (including phenoxy) is 1. The molecule has 22 heavy (non-hydrogen) atoms. The summed E-state index contributed by atoms with van der Waals surface area (Å²) in [6.07, 6.45) is 1.52. The smallest absolute Gasteiger partial charge is 0.269 e. The van der Waals surface area contributed by atoms with Gasteiger partial charge < -0.3 is 21.1 Å². The van der Waals surface area contributed by atoms with Gasteiger partial charge in [-0.1, -0.05) is 6.07 Å². The molecule has 2 aromatic rings. The van der Waals surface area contributed by atoms with Crippen LogP contribution >= 0.6 is 12.2 Å². The number of nitrogens with zero attached hydrogens (tertiary/aromatic N) is 2. The Bertz CT molecular complexity index is 698. The van der Waals surface area contributed by atoms with Gasteiger partial charge in [0.1, 0.15) is 11.4 Å². The molecule has 0 bridgehead atoms.